The van der Waals surface area contributed by atoms with Gasteiger partial charge in [-0.1, -0.05) is 29.5 Å². The summed E-state index contributed by atoms with van der Waals surface area (Å²) in [4.78, 5) is 4.79. The zero-order valence-corrected chi connectivity index (χ0v) is 17.6. The molecule has 4 aromatic rings. The highest BCUT2D eigenvalue weighted by Gasteiger charge is 2.16. The third-order valence-corrected chi connectivity index (χ3v) is 6.51. The SMILES string of the molecule is Cc1ccc(-n2c(C)nnc2SCc2csc(-c3ccc4c(c3)OCO4)n2)cc1. The molecule has 5 rings (SSSR count). The quantitative estimate of drug-likeness (QED) is 0.421. The molecule has 8 heteroatoms. The lowest BCUT2D eigenvalue weighted by molar-refractivity contribution is 0.174. The molecule has 1 aliphatic rings. The van der Waals surface area contributed by atoms with Crippen LogP contribution in [-0.4, -0.2) is 26.5 Å². The minimum Gasteiger partial charge on any atom is -0.454 e. The summed E-state index contributed by atoms with van der Waals surface area (Å²) in [5.41, 5.74) is 4.35. The molecule has 146 valence electrons. The lowest BCUT2D eigenvalue weighted by atomic mass is 10.2. The van der Waals surface area contributed by atoms with Crippen molar-refractivity contribution in [3.8, 4) is 27.8 Å². The molecule has 6 nitrogen and oxygen atoms in total. The van der Waals surface area contributed by atoms with Crippen LogP contribution in [0.25, 0.3) is 16.3 Å². The van der Waals surface area contributed by atoms with Crippen molar-refractivity contribution in [3.05, 3.63) is 64.9 Å². The van der Waals surface area contributed by atoms with Crippen LogP contribution in [0.1, 0.15) is 17.1 Å². The van der Waals surface area contributed by atoms with Gasteiger partial charge in [0.15, 0.2) is 16.7 Å². The van der Waals surface area contributed by atoms with Crippen molar-refractivity contribution in [1.29, 1.82) is 0 Å². The smallest absolute Gasteiger partial charge is 0.231 e. The fraction of sp³-hybridized carbons (Fsp3) is 0.190. The third kappa shape index (κ3) is 3.61. The van der Waals surface area contributed by atoms with Crippen molar-refractivity contribution in [2.75, 3.05) is 6.79 Å². The standard InChI is InChI=1S/C21H18N4O2S2/c1-13-3-6-17(7-4-13)25-14(2)23-24-21(25)29-11-16-10-28-20(22-16)15-5-8-18-19(9-15)27-12-26-18/h3-10H,11-12H2,1-2H3. The number of fused-ring (bicyclic) bond motifs is 1. The summed E-state index contributed by atoms with van der Waals surface area (Å²) in [6.07, 6.45) is 0. The van der Waals surface area contributed by atoms with Gasteiger partial charge >= 0.3 is 0 Å². The van der Waals surface area contributed by atoms with Crippen molar-refractivity contribution in [1.82, 2.24) is 19.7 Å². The maximum atomic E-state index is 5.47. The minimum absolute atomic E-state index is 0.277. The van der Waals surface area contributed by atoms with Gasteiger partial charge in [-0.25, -0.2) is 4.98 Å². The van der Waals surface area contributed by atoms with E-state index < -0.39 is 0 Å². The predicted molar refractivity (Wildman–Crippen MR) is 114 cm³/mol. The van der Waals surface area contributed by atoms with E-state index in [4.69, 9.17) is 14.5 Å². The molecule has 0 N–H and O–H groups in total. The van der Waals surface area contributed by atoms with E-state index in [-0.39, 0.29) is 6.79 Å². The number of hydrogen-bond donors (Lipinski definition) is 0. The van der Waals surface area contributed by atoms with Crippen LogP contribution in [0.4, 0.5) is 0 Å². The van der Waals surface area contributed by atoms with Crippen LogP contribution in [0, 0.1) is 13.8 Å². The molecule has 2 aromatic carbocycles. The largest absolute Gasteiger partial charge is 0.454 e. The molecule has 0 fully saturated rings. The van der Waals surface area contributed by atoms with E-state index in [1.807, 2.05) is 25.1 Å². The van der Waals surface area contributed by atoms with Crippen molar-refractivity contribution in [3.63, 3.8) is 0 Å². The summed E-state index contributed by atoms with van der Waals surface area (Å²) in [5.74, 6) is 3.16. The summed E-state index contributed by atoms with van der Waals surface area (Å²) in [6, 6.07) is 14.3. The van der Waals surface area contributed by atoms with Gasteiger partial charge in [0.2, 0.25) is 6.79 Å². The molecule has 29 heavy (non-hydrogen) atoms. The Morgan fingerprint density at radius 3 is 2.72 bits per heavy atom. The zero-order chi connectivity index (χ0) is 19.8. The normalized spacial score (nSPS) is 12.5. The zero-order valence-electron chi connectivity index (χ0n) is 16.0. The van der Waals surface area contributed by atoms with Gasteiger partial charge in [0.1, 0.15) is 10.8 Å². The second-order valence-corrected chi connectivity index (χ2v) is 8.50. The number of nitrogens with zero attached hydrogens (tertiary/aromatic N) is 4. The first-order valence-corrected chi connectivity index (χ1v) is 11.0. The molecule has 3 heterocycles. The van der Waals surface area contributed by atoms with Crippen LogP contribution < -0.4 is 9.47 Å². The van der Waals surface area contributed by atoms with Crippen LogP contribution in [0.5, 0.6) is 11.5 Å². The van der Waals surface area contributed by atoms with E-state index in [2.05, 4.69) is 51.3 Å². The van der Waals surface area contributed by atoms with Crippen molar-refractivity contribution in [2.24, 2.45) is 0 Å². The molecule has 0 amide bonds. The van der Waals surface area contributed by atoms with Gasteiger partial charge in [0, 0.05) is 22.4 Å². The van der Waals surface area contributed by atoms with Gasteiger partial charge in [0.05, 0.1) is 5.69 Å². The third-order valence-electron chi connectivity index (χ3n) is 4.61. The molecule has 0 radical (unpaired) electrons. The summed E-state index contributed by atoms with van der Waals surface area (Å²) < 4.78 is 12.9. The molecule has 1 aliphatic heterocycles. The van der Waals surface area contributed by atoms with Crippen molar-refractivity contribution >= 4 is 23.1 Å². The number of thioether (sulfide) groups is 1. The van der Waals surface area contributed by atoms with Gasteiger partial charge in [-0.05, 0) is 44.2 Å². The van der Waals surface area contributed by atoms with E-state index in [0.717, 1.165) is 50.2 Å². The molecule has 0 atom stereocenters. The number of thiazole rings is 1. The Kier molecular flexibility index (Phi) is 4.73. The van der Waals surface area contributed by atoms with E-state index in [0.29, 0.717) is 0 Å². The van der Waals surface area contributed by atoms with E-state index in [1.54, 1.807) is 23.1 Å². The van der Waals surface area contributed by atoms with Crippen LogP contribution in [-0.2, 0) is 5.75 Å². The van der Waals surface area contributed by atoms with Crippen LogP contribution in [0.2, 0.25) is 0 Å². The summed E-state index contributed by atoms with van der Waals surface area (Å²) in [6.45, 7) is 4.33. The molecule has 0 bridgehead atoms. The van der Waals surface area contributed by atoms with Crippen molar-refractivity contribution < 1.29 is 9.47 Å². The predicted octanol–water partition coefficient (Wildman–Crippen LogP) is 5.03. The monoisotopic (exact) mass is 422 g/mol. The average Bonchev–Trinajstić information content (AvgIpc) is 3.46. The topological polar surface area (TPSA) is 62.1 Å². The van der Waals surface area contributed by atoms with Crippen LogP contribution >= 0.6 is 23.1 Å². The highest BCUT2D eigenvalue weighted by atomic mass is 32.2. The van der Waals surface area contributed by atoms with Gasteiger partial charge in [-0.3, -0.25) is 4.57 Å². The van der Waals surface area contributed by atoms with Gasteiger partial charge < -0.3 is 9.47 Å². The summed E-state index contributed by atoms with van der Waals surface area (Å²) in [5, 5.41) is 12.5. The summed E-state index contributed by atoms with van der Waals surface area (Å²) >= 11 is 3.26. The van der Waals surface area contributed by atoms with Crippen molar-refractivity contribution in [2.45, 2.75) is 24.8 Å². The first-order chi connectivity index (χ1) is 14.2. The van der Waals surface area contributed by atoms with E-state index in [9.17, 15) is 0 Å². The van der Waals surface area contributed by atoms with E-state index >= 15 is 0 Å². The number of hydrogen-bond acceptors (Lipinski definition) is 7. The average molecular weight is 423 g/mol. The molecule has 0 saturated carbocycles. The minimum atomic E-state index is 0.277. The number of rotatable bonds is 5. The van der Waals surface area contributed by atoms with Gasteiger partial charge in [0.25, 0.3) is 0 Å². The molecule has 0 spiro atoms. The molecular weight excluding hydrogens is 404 g/mol. The Balaban J connectivity index is 1.34. The fourth-order valence-electron chi connectivity index (χ4n) is 3.10. The molecule has 2 aromatic heterocycles. The number of benzene rings is 2. The van der Waals surface area contributed by atoms with Crippen LogP contribution in [0.15, 0.2) is 53.0 Å². The Morgan fingerprint density at radius 1 is 1.03 bits per heavy atom. The Bertz CT molecular complexity index is 1170. The molecule has 0 unspecified atom stereocenters. The number of aryl methyl sites for hydroxylation is 2. The first kappa shape index (κ1) is 18.2. The summed E-state index contributed by atoms with van der Waals surface area (Å²) in [7, 11) is 0. The number of aromatic nitrogens is 4. The number of ether oxygens (including phenoxy) is 2. The Labute approximate surface area is 176 Å². The van der Waals surface area contributed by atoms with E-state index in [1.165, 1.54) is 5.56 Å². The second kappa shape index (κ2) is 7.53. The maximum Gasteiger partial charge on any atom is 0.231 e. The lowest BCUT2D eigenvalue weighted by Crippen LogP contribution is -1.99. The van der Waals surface area contributed by atoms with Gasteiger partial charge in [-0.15, -0.1) is 21.5 Å². The maximum absolute atomic E-state index is 5.47. The Hall–Kier alpha value is -2.84. The molecular formula is C21H18N4O2S2. The first-order valence-electron chi connectivity index (χ1n) is 9.14. The lowest BCUT2D eigenvalue weighted by Gasteiger charge is -2.08. The second-order valence-electron chi connectivity index (χ2n) is 6.70. The van der Waals surface area contributed by atoms with Crippen LogP contribution in [0.3, 0.4) is 0 Å². The molecule has 0 aliphatic carbocycles. The van der Waals surface area contributed by atoms with Gasteiger partial charge in [-0.2, -0.15) is 0 Å². The highest BCUT2D eigenvalue weighted by molar-refractivity contribution is 7.98. The molecule has 0 saturated heterocycles. The Morgan fingerprint density at radius 2 is 1.86 bits per heavy atom. The fourth-order valence-corrected chi connectivity index (χ4v) is 4.91. The highest BCUT2D eigenvalue weighted by Crippen LogP contribution is 2.37.